The lowest BCUT2D eigenvalue weighted by Crippen LogP contribution is -2.33. The Labute approximate surface area is 142 Å². The summed E-state index contributed by atoms with van der Waals surface area (Å²) in [4.78, 5) is 0.137. The third kappa shape index (κ3) is 2.88. The van der Waals surface area contributed by atoms with Gasteiger partial charge in [0.25, 0.3) is 0 Å². The van der Waals surface area contributed by atoms with Crippen LogP contribution in [-0.4, -0.2) is 23.4 Å². The van der Waals surface area contributed by atoms with Crippen LogP contribution < -0.4 is 4.72 Å². The molecule has 0 aromatic carbocycles. The molecule has 0 saturated heterocycles. The summed E-state index contributed by atoms with van der Waals surface area (Å²) in [5.74, 6) is 0.307. The quantitative estimate of drug-likeness (QED) is 0.917. The van der Waals surface area contributed by atoms with E-state index in [-0.39, 0.29) is 16.5 Å². The van der Waals surface area contributed by atoms with Crippen molar-refractivity contribution in [1.82, 2.24) is 19.7 Å². The van der Waals surface area contributed by atoms with Gasteiger partial charge >= 0.3 is 0 Å². The van der Waals surface area contributed by atoms with Gasteiger partial charge in [-0.2, -0.15) is 5.10 Å². The molecule has 1 aliphatic carbocycles. The van der Waals surface area contributed by atoms with E-state index in [1.54, 1.807) is 20.0 Å². The van der Waals surface area contributed by atoms with Crippen LogP contribution in [0.25, 0.3) is 0 Å². The molecule has 24 heavy (non-hydrogen) atoms. The first-order valence-corrected chi connectivity index (χ1v) is 9.62. The molecule has 0 bridgehead atoms. The lowest BCUT2D eigenvalue weighted by Gasteiger charge is -2.28. The molecule has 0 fully saturated rings. The highest BCUT2D eigenvalue weighted by Crippen LogP contribution is 2.33. The molecule has 3 rings (SSSR count). The highest BCUT2D eigenvalue weighted by Gasteiger charge is 2.33. The highest BCUT2D eigenvalue weighted by atomic mass is 32.2. The first-order valence-electron chi connectivity index (χ1n) is 8.14. The number of hydrogen-bond donors (Lipinski definition) is 1. The molecule has 1 aliphatic rings. The predicted octanol–water partition coefficient (Wildman–Crippen LogP) is 2.60. The number of hydrogen-bond acceptors (Lipinski definition) is 5. The smallest absolute Gasteiger partial charge is 0.246 e. The van der Waals surface area contributed by atoms with Crippen LogP contribution in [0, 0.1) is 13.8 Å². The van der Waals surface area contributed by atoms with E-state index in [1.807, 2.05) is 4.68 Å². The molecule has 0 saturated carbocycles. The monoisotopic (exact) mass is 352 g/mol. The number of sulfonamides is 1. The van der Waals surface area contributed by atoms with Gasteiger partial charge in [-0.3, -0.25) is 4.68 Å². The van der Waals surface area contributed by atoms with Gasteiger partial charge in [0.05, 0.1) is 17.8 Å². The van der Waals surface area contributed by atoms with Gasteiger partial charge in [-0.05, 0) is 53.9 Å². The van der Waals surface area contributed by atoms with Crippen LogP contribution in [0.1, 0.15) is 62.4 Å². The molecule has 7 nitrogen and oxygen atoms in total. The molecule has 1 N–H and O–H groups in total. The van der Waals surface area contributed by atoms with Crippen LogP contribution in [0.4, 0.5) is 0 Å². The zero-order valence-corrected chi connectivity index (χ0v) is 15.6. The van der Waals surface area contributed by atoms with E-state index in [9.17, 15) is 8.42 Å². The van der Waals surface area contributed by atoms with E-state index in [0.717, 1.165) is 30.5 Å². The Balaban J connectivity index is 1.95. The molecule has 1 atom stereocenters. The molecule has 8 heteroatoms. The standard InChI is InChI=1S/C16H24N4O3S/c1-10-15(11(2)23-18-10)24(21,22)19-13-7-6-8-14-12(13)9-17-20(14)16(3,4)5/h9,13,19H,6-8H2,1-5H3/t13-/m1/s1. The first-order chi connectivity index (χ1) is 11.1. The molecule has 132 valence electrons. The van der Waals surface area contributed by atoms with Gasteiger partial charge in [0.15, 0.2) is 5.76 Å². The fraction of sp³-hybridized carbons (Fsp3) is 0.625. The SMILES string of the molecule is Cc1noc(C)c1S(=O)(=O)N[C@@H]1CCCc2c1cnn2C(C)(C)C. The van der Waals surface area contributed by atoms with E-state index < -0.39 is 10.0 Å². The zero-order chi connectivity index (χ0) is 17.7. The Morgan fingerprint density at radius 3 is 2.62 bits per heavy atom. The van der Waals surface area contributed by atoms with E-state index in [1.165, 1.54) is 0 Å². The van der Waals surface area contributed by atoms with Crippen LogP contribution in [0.2, 0.25) is 0 Å². The minimum absolute atomic E-state index is 0.129. The Morgan fingerprint density at radius 1 is 1.33 bits per heavy atom. The topological polar surface area (TPSA) is 90.0 Å². The summed E-state index contributed by atoms with van der Waals surface area (Å²) >= 11 is 0. The second-order valence-electron chi connectivity index (χ2n) is 7.35. The summed E-state index contributed by atoms with van der Waals surface area (Å²) in [6.45, 7) is 9.53. The van der Waals surface area contributed by atoms with Crippen LogP contribution >= 0.6 is 0 Å². The van der Waals surface area contributed by atoms with Crippen LogP contribution in [0.3, 0.4) is 0 Å². The van der Waals surface area contributed by atoms with Crippen molar-refractivity contribution in [2.45, 2.75) is 70.4 Å². The molecular weight excluding hydrogens is 328 g/mol. The summed E-state index contributed by atoms with van der Waals surface area (Å²) < 4.78 is 35.4. The van der Waals surface area contributed by atoms with Crippen molar-refractivity contribution in [3.05, 3.63) is 28.9 Å². The van der Waals surface area contributed by atoms with E-state index in [2.05, 4.69) is 35.7 Å². The maximum absolute atomic E-state index is 12.8. The number of fused-ring (bicyclic) bond motifs is 1. The number of nitrogens with zero attached hydrogens (tertiary/aromatic N) is 3. The molecule has 0 amide bonds. The number of nitrogens with one attached hydrogen (secondary N) is 1. The number of aromatic nitrogens is 3. The minimum atomic E-state index is -3.69. The fourth-order valence-electron chi connectivity index (χ4n) is 3.36. The van der Waals surface area contributed by atoms with Crippen molar-refractivity contribution in [2.24, 2.45) is 0 Å². The average Bonchev–Trinajstić information content (AvgIpc) is 3.02. The van der Waals surface area contributed by atoms with Gasteiger partial charge in [0, 0.05) is 11.3 Å². The van der Waals surface area contributed by atoms with Gasteiger partial charge in [0.2, 0.25) is 10.0 Å². The minimum Gasteiger partial charge on any atom is -0.360 e. The maximum atomic E-state index is 12.8. The van der Waals surface area contributed by atoms with Crippen LogP contribution in [0.15, 0.2) is 15.6 Å². The largest absolute Gasteiger partial charge is 0.360 e. The molecule has 2 aromatic rings. The van der Waals surface area contributed by atoms with Crippen molar-refractivity contribution < 1.29 is 12.9 Å². The van der Waals surface area contributed by atoms with E-state index in [4.69, 9.17) is 4.52 Å². The Hall–Kier alpha value is -1.67. The Morgan fingerprint density at radius 2 is 2.04 bits per heavy atom. The average molecular weight is 352 g/mol. The van der Waals surface area contributed by atoms with Gasteiger partial charge in [-0.25, -0.2) is 13.1 Å². The summed E-state index contributed by atoms with van der Waals surface area (Å²) in [7, 11) is -3.69. The molecule has 0 spiro atoms. The van der Waals surface area contributed by atoms with Gasteiger partial charge in [0.1, 0.15) is 10.6 Å². The lowest BCUT2D eigenvalue weighted by molar-refractivity contribution is 0.336. The third-order valence-electron chi connectivity index (χ3n) is 4.35. The number of aryl methyl sites for hydroxylation is 2. The normalized spacial score (nSPS) is 18.6. The molecular formula is C16H24N4O3S. The second kappa shape index (κ2) is 5.70. The van der Waals surface area contributed by atoms with Crippen molar-refractivity contribution in [3.8, 4) is 0 Å². The molecule has 0 aliphatic heterocycles. The maximum Gasteiger partial charge on any atom is 0.246 e. The van der Waals surface area contributed by atoms with Gasteiger partial charge < -0.3 is 4.52 Å². The van der Waals surface area contributed by atoms with Crippen molar-refractivity contribution >= 4 is 10.0 Å². The summed E-state index contributed by atoms with van der Waals surface area (Å²) in [6.07, 6.45) is 4.38. The fourth-order valence-corrected chi connectivity index (χ4v) is 4.94. The Kier molecular flexibility index (Phi) is 4.08. The van der Waals surface area contributed by atoms with Crippen LogP contribution in [0.5, 0.6) is 0 Å². The summed E-state index contributed by atoms with van der Waals surface area (Å²) in [6, 6.07) is -0.274. The third-order valence-corrected chi connectivity index (χ3v) is 6.07. The summed E-state index contributed by atoms with van der Waals surface area (Å²) in [5, 5.41) is 8.24. The Bertz CT molecular complexity index is 839. The summed E-state index contributed by atoms with van der Waals surface area (Å²) in [5.41, 5.74) is 2.32. The van der Waals surface area contributed by atoms with Crippen molar-refractivity contribution in [3.63, 3.8) is 0 Å². The van der Waals surface area contributed by atoms with E-state index >= 15 is 0 Å². The van der Waals surface area contributed by atoms with Gasteiger partial charge in [-0.1, -0.05) is 5.16 Å². The van der Waals surface area contributed by atoms with Crippen molar-refractivity contribution in [2.75, 3.05) is 0 Å². The molecule has 2 aromatic heterocycles. The molecule has 0 radical (unpaired) electrons. The van der Waals surface area contributed by atoms with Crippen molar-refractivity contribution in [1.29, 1.82) is 0 Å². The highest BCUT2D eigenvalue weighted by molar-refractivity contribution is 7.89. The van der Waals surface area contributed by atoms with Crippen LogP contribution in [-0.2, 0) is 22.0 Å². The predicted molar refractivity (Wildman–Crippen MR) is 89.2 cm³/mol. The molecule has 2 heterocycles. The number of rotatable bonds is 3. The molecule has 0 unspecified atom stereocenters. The van der Waals surface area contributed by atoms with E-state index in [0.29, 0.717) is 11.5 Å². The second-order valence-corrected chi connectivity index (χ2v) is 9.00. The first kappa shape index (κ1) is 17.2. The zero-order valence-electron chi connectivity index (χ0n) is 14.8. The van der Waals surface area contributed by atoms with Gasteiger partial charge in [-0.15, -0.1) is 0 Å². The lowest BCUT2D eigenvalue weighted by atomic mass is 9.93.